The minimum absolute atomic E-state index is 0.343. The molecule has 108 valence electrons. The van der Waals surface area contributed by atoms with Crippen LogP contribution in [0.5, 0.6) is 0 Å². The Morgan fingerprint density at radius 3 is 2.90 bits per heavy atom. The van der Waals surface area contributed by atoms with Gasteiger partial charge >= 0.3 is 0 Å². The standard InChI is InChI=1S/C14H21N5S/c1-9(8-19-5-3-4-6-19)16-12-11-7-10(2)20-13(11)18-14(15)17-12/h7,9H,3-6,8H2,1-2H3,(H3,15,16,17,18). The van der Waals surface area contributed by atoms with Gasteiger partial charge in [-0.1, -0.05) is 0 Å². The van der Waals surface area contributed by atoms with Crippen LogP contribution in [0.1, 0.15) is 24.6 Å². The van der Waals surface area contributed by atoms with E-state index in [0.29, 0.717) is 12.0 Å². The number of hydrogen-bond acceptors (Lipinski definition) is 6. The van der Waals surface area contributed by atoms with E-state index in [4.69, 9.17) is 5.73 Å². The molecule has 5 nitrogen and oxygen atoms in total. The van der Waals surface area contributed by atoms with Crippen LogP contribution in [0.25, 0.3) is 10.2 Å². The van der Waals surface area contributed by atoms with Crippen LogP contribution >= 0.6 is 11.3 Å². The number of nitrogen functional groups attached to an aromatic ring is 1. The molecule has 0 aromatic carbocycles. The van der Waals surface area contributed by atoms with Crippen molar-refractivity contribution < 1.29 is 0 Å². The van der Waals surface area contributed by atoms with Crippen molar-refractivity contribution in [1.29, 1.82) is 0 Å². The summed E-state index contributed by atoms with van der Waals surface area (Å²) in [5, 5.41) is 4.58. The fourth-order valence-corrected chi connectivity index (χ4v) is 3.69. The van der Waals surface area contributed by atoms with Crippen molar-refractivity contribution in [2.45, 2.75) is 32.7 Å². The molecule has 3 heterocycles. The van der Waals surface area contributed by atoms with Gasteiger partial charge in [0.2, 0.25) is 5.95 Å². The summed E-state index contributed by atoms with van der Waals surface area (Å²) in [6.45, 7) is 7.76. The van der Waals surface area contributed by atoms with Gasteiger partial charge in [-0.05, 0) is 45.8 Å². The highest BCUT2D eigenvalue weighted by Crippen LogP contribution is 2.29. The van der Waals surface area contributed by atoms with Gasteiger partial charge in [0.15, 0.2) is 0 Å². The van der Waals surface area contributed by atoms with E-state index in [0.717, 1.165) is 22.6 Å². The van der Waals surface area contributed by atoms with Gasteiger partial charge < -0.3 is 16.0 Å². The molecule has 6 heteroatoms. The zero-order valence-corrected chi connectivity index (χ0v) is 12.8. The van der Waals surface area contributed by atoms with Crippen LogP contribution in [0.4, 0.5) is 11.8 Å². The van der Waals surface area contributed by atoms with Gasteiger partial charge in [-0.3, -0.25) is 0 Å². The zero-order chi connectivity index (χ0) is 14.1. The highest BCUT2D eigenvalue weighted by Gasteiger charge is 2.16. The lowest BCUT2D eigenvalue weighted by Crippen LogP contribution is -2.33. The Hall–Kier alpha value is -1.40. The summed E-state index contributed by atoms with van der Waals surface area (Å²) in [5.41, 5.74) is 5.81. The summed E-state index contributed by atoms with van der Waals surface area (Å²) < 4.78 is 0. The molecular weight excluding hydrogens is 270 g/mol. The zero-order valence-electron chi connectivity index (χ0n) is 12.0. The number of hydrogen-bond donors (Lipinski definition) is 2. The SMILES string of the molecule is Cc1cc2c(NC(C)CN3CCCC3)nc(N)nc2s1. The summed E-state index contributed by atoms with van der Waals surface area (Å²) >= 11 is 1.66. The van der Waals surface area contributed by atoms with E-state index >= 15 is 0 Å². The number of rotatable bonds is 4. The van der Waals surface area contributed by atoms with E-state index in [2.05, 4.69) is 40.1 Å². The number of thiophene rings is 1. The molecule has 1 aliphatic heterocycles. The lowest BCUT2D eigenvalue weighted by molar-refractivity contribution is 0.328. The Bertz CT molecular complexity index is 603. The number of aryl methyl sites for hydroxylation is 1. The molecule has 0 aliphatic carbocycles. The average Bonchev–Trinajstić information content (AvgIpc) is 2.97. The van der Waals surface area contributed by atoms with Crippen molar-refractivity contribution in [3.8, 4) is 0 Å². The topological polar surface area (TPSA) is 67.1 Å². The maximum Gasteiger partial charge on any atom is 0.223 e. The molecule has 0 spiro atoms. The fourth-order valence-electron chi connectivity index (χ4n) is 2.80. The van der Waals surface area contributed by atoms with Crippen molar-refractivity contribution in [3.05, 3.63) is 10.9 Å². The molecule has 0 bridgehead atoms. The smallest absolute Gasteiger partial charge is 0.223 e. The van der Waals surface area contributed by atoms with Gasteiger partial charge in [-0.2, -0.15) is 4.98 Å². The van der Waals surface area contributed by atoms with E-state index in [9.17, 15) is 0 Å². The number of aromatic nitrogens is 2. The second kappa shape index (κ2) is 5.54. The molecule has 0 amide bonds. The summed E-state index contributed by atoms with van der Waals surface area (Å²) in [6, 6.07) is 2.48. The molecule has 1 unspecified atom stereocenters. The number of nitrogens with two attached hydrogens (primary N) is 1. The van der Waals surface area contributed by atoms with E-state index in [1.165, 1.54) is 30.8 Å². The highest BCUT2D eigenvalue weighted by atomic mass is 32.1. The number of fused-ring (bicyclic) bond motifs is 1. The molecule has 2 aromatic rings. The molecule has 0 radical (unpaired) electrons. The molecular formula is C14H21N5S. The van der Waals surface area contributed by atoms with Gasteiger partial charge in [0, 0.05) is 17.5 Å². The van der Waals surface area contributed by atoms with E-state index in [-0.39, 0.29) is 0 Å². The molecule has 3 N–H and O–H groups in total. The number of nitrogens with one attached hydrogen (secondary N) is 1. The fraction of sp³-hybridized carbons (Fsp3) is 0.571. The molecule has 3 rings (SSSR count). The predicted octanol–water partition coefficient (Wildman–Crippen LogP) is 2.48. The van der Waals surface area contributed by atoms with Crippen LogP contribution in [-0.4, -0.2) is 40.5 Å². The minimum atomic E-state index is 0.343. The molecule has 1 saturated heterocycles. The summed E-state index contributed by atoms with van der Waals surface area (Å²) in [7, 11) is 0. The number of likely N-dealkylation sites (tertiary alicyclic amines) is 1. The average molecular weight is 291 g/mol. The Labute approximate surface area is 123 Å². The van der Waals surface area contributed by atoms with E-state index < -0.39 is 0 Å². The first-order valence-electron chi connectivity index (χ1n) is 7.14. The van der Waals surface area contributed by atoms with Crippen LogP contribution in [0.2, 0.25) is 0 Å². The Morgan fingerprint density at radius 2 is 2.15 bits per heavy atom. The van der Waals surface area contributed by atoms with Gasteiger partial charge in [0.05, 0.1) is 5.39 Å². The molecule has 1 aliphatic rings. The van der Waals surface area contributed by atoms with E-state index in [1.807, 2.05) is 0 Å². The van der Waals surface area contributed by atoms with Crippen molar-refractivity contribution in [3.63, 3.8) is 0 Å². The molecule has 1 atom stereocenters. The second-order valence-corrected chi connectivity index (χ2v) is 6.79. The third-order valence-corrected chi connectivity index (χ3v) is 4.59. The van der Waals surface area contributed by atoms with Gasteiger partial charge in [-0.25, -0.2) is 4.98 Å². The Balaban J connectivity index is 1.78. The van der Waals surface area contributed by atoms with Crippen molar-refractivity contribution in [2.75, 3.05) is 30.7 Å². The number of nitrogens with zero attached hydrogens (tertiary/aromatic N) is 3. The monoisotopic (exact) mass is 291 g/mol. The van der Waals surface area contributed by atoms with Crippen LogP contribution in [-0.2, 0) is 0 Å². The summed E-state index contributed by atoms with van der Waals surface area (Å²) in [4.78, 5) is 13.4. The number of anilines is 2. The second-order valence-electron chi connectivity index (χ2n) is 5.56. The van der Waals surface area contributed by atoms with Crippen molar-refractivity contribution >= 4 is 33.3 Å². The molecule has 20 heavy (non-hydrogen) atoms. The highest BCUT2D eigenvalue weighted by molar-refractivity contribution is 7.18. The van der Waals surface area contributed by atoms with Gasteiger partial charge in [-0.15, -0.1) is 11.3 Å². The van der Waals surface area contributed by atoms with Crippen LogP contribution in [0, 0.1) is 6.92 Å². The third kappa shape index (κ3) is 2.86. The van der Waals surface area contributed by atoms with Gasteiger partial charge in [0.1, 0.15) is 10.6 Å². The molecule has 2 aromatic heterocycles. The summed E-state index contributed by atoms with van der Waals surface area (Å²) in [5.74, 6) is 1.21. The predicted molar refractivity (Wildman–Crippen MR) is 85.3 cm³/mol. The quantitative estimate of drug-likeness (QED) is 0.906. The van der Waals surface area contributed by atoms with Gasteiger partial charge in [0.25, 0.3) is 0 Å². The van der Waals surface area contributed by atoms with Crippen LogP contribution in [0.15, 0.2) is 6.07 Å². The normalized spacial score (nSPS) is 17.7. The summed E-state index contributed by atoms with van der Waals surface area (Å²) in [6.07, 6.45) is 2.64. The van der Waals surface area contributed by atoms with Crippen LogP contribution in [0.3, 0.4) is 0 Å². The third-order valence-electron chi connectivity index (χ3n) is 3.65. The van der Waals surface area contributed by atoms with Crippen molar-refractivity contribution in [1.82, 2.24) is 14.9 Å². The largest absolute Gasteiger partial charge is 0.368 e. The first-order valence-corrected chi connectivity index (χ1v) is 7.96. The first-order chi connectivity index (χ1) is 9.61. The van der Waals surface area contributed by atoms with Crippen LogP contribution < -0.4 is 11.1 Å². The van der Waals surface area contributed by atoms with E-state index in [1.54, 1.807) is 11.3 Å². The first kappa shape index (κ1) is 13.6. The van der Waals surface area contributed by atoms with Crippen molar-refractivity contribution in [2.24, 2.45) is 0 Å². The Morgan fingerprint density at radius 1 is 1.40 bits per heavy atom. The maximum atomic E-state index is 5.81. The lowest BCUT2D eigenvalue weighted by Gasteiger charge is -2.21. The lowest BCUT2D eigenvalue weighted by atomic mass is 10.3. The minimum Gasteiger partial charge on any atom is -0.368 e. The maximum absolute atomic E-state index is 5.81. The molecule has 1 fully saturated rings. The molecule has 0 saturated carbocycles. The Kier molecular flexibility index (Phi) is 3.76.